The van der Waals surface area contributed by atoms with E-state index in [0.717, 1.165) is 6.07 Å². The van der Waals surface area contributed by atoms with Crippen molar-refractivity contribution in [2.45, 2.75) is 0 Å². The molecular weight excluding hydrogens is 341 g/mol. The van der Waals surface area contributed by atoms with Gasteiger partial charge in [0.1, 0.15) is 19.0 Å². The number of carbonyl (C=O) groups is 1. The van der Waals surface area contributed by atoms with Gasteiger partial charge in [-0.3, -0.25) is 4.79 Å². The first kappa shape index (κ1) is 13.9. The zero-order valence-electron chi connectivity index (χ0n) is 10.9. The summed E-state index contributed by atoms with van der Waals surface area (Å²) < 4.78 is 25.3. The fourth-order valence-corrected chi connectivity index (χ4v) is 2.60. The molecule has 0 unspecified atom stereocenters. The van der Waals surface area contributed by atoms with E-state index < -0.39 is 11.6 Å². The molecule has 21 heavy (non-hydrogen) atoms. The number of rotatable bonds is 2. The average Bonchev–Trinajstić information content (AvgIpc) is 2.46. The topological polar surface area (TPSA) is 61.6 Å². The van der Waals surface area contributed by atoms with Crippen molar-refractivity contribution in [1.29, 1.82) is 0 Å². The highest BCUT2D eigenvalue weighted by Crippen LogP contribution is 2.36. The van der Waals surface area contributed by atoms with Crippen molar-refractivity contribution in [3.05, 3.63) is 51.7 Å². The highest BCUT2D eigenvalue weighted by Gasteiger charge is 2.21. The number of anilines is 1. The number of ketones is 1. The van der Waals surface area contributed by atoms with Gasteiger partial charge in [-0.1, -0.05) is 0 Å². The van der Waals surface area contributed by atoms with Crippen LogP contribution >= 0.6 is 15.9 Å². The van der Waals surface area contributed by atoms with E-state index in [1.165, 1.54) is 12.1 Å². The molecule has 0 fully saturated rings. The zero-order chi connectivity index (χ0) is 15.0. The molecular formula is C15H11BrFNO3. The van der Waals surface area contributed by atoms with Crippen LogP contribution in [-0.2, 0) is 0 Å². The van der Waals surface area contributed by atoms with Crippen LogP contribution in [0.15, 0.2) is 34.8 Å². The predicted octanol–water partition coefficient (Wildman–Crippen LogP) is 3.17. The van der Waals surface area contributed by atoms with Gasteiger partial charge in [0.05, 0.1) is 5.56 Å². The molecule has 4 nitrogen and oxygen atoms in total. The maximum Gasteiger partial charge on any atom is 0.197 e. The van der Waals surface area contributed by atoms with Gasteiger partial charge in [-0.25, -0.2) is 4.39 Å². The summed E-state index contributed by atoms with van der Waals surface area (Å²) in [4.78, 5) is 12.5. The Morgan fingerprint density at radius 3 is 2.43 bits per heavy atom. The number of carbonyl (C=O) groups excluding carboxylic acids is 1. The maximum absolute atomic E-state index is 13.9. The summed E-state index contributed by atoms with van der Waals surface area (Å²) in [6, 6.07) is 7.19. The summed E-state index contributed by atoms with van der Waals surface area (Å²) in [5.41, 5.74) is 6.03. The summed E-state index contributed by atoms with van der Waals surface area (Å²) in [6.45, 7) is 0.873. The number of nitrogens with two attached hydrogens (primary N) is 1. The Hall–Kier alpha value is -2.08. The number of halogens is 2. The molecule has 2 aromatic carbocycles. The highest BCUT2D eigenvalue weighted by molar-refractivity contribution is 9.10. The molecule has 0 aromatic heterocycles. The third-order valence-electron chi connectivity index (χ3n) is 3.11. The van der Waals surface area contributed by atoms with Crippen molar-refractivity contribution in [1.82, 2.24) is 0 Å². The van der Waals surface area contributed by atoms with Crippen LogP contribution in [0.5, 0.6) is 11.5 Å². The number of nitrogen functional groups attached to an aromatic ring is 1. The molecule has 0 saturated carbocycles. The molecule has 0 amide bonds. The van der Waals surface area contributed by atoms with E-state index in [-0.39, 0.29) is 11.3 Å². The van der Waals surface area contributed by atoms with Crippen molar-refractivity contribution in [2.24, 2.45) is 0 Å². The minimum atomic E-state index is -0.651. The zero-order valence-corrected chi connectivity index (χ0v) is 12.4. The van der Waals surface area contributed by atoms with E-state index in [1.54, 1.807) is 12.1 Å². The molecule has 1 heterocycles. The molecule has 6 heteroatoms. The Balaban J connectivity index is 2.05. The van der Waals surface area contributed by atoms with Crippen molar-refractivity contribution >= 4 is 27.4 Å². The molecule has 1 aliphatic rings. The molecule has 0 saturated heterocycles. The van der Waals surface area contributed by atoms with E-state index >= 15 is 0 Å². The Morgan fingerprint density at radius 1 is 1.10 bits per heavy atom. The number of ether oxygens (including phenoxy) is 2. The second-order valence-corrected chi connectivity index (χ2v) is 5.40. The van der Waals surface area contributed by atoms with Crippen LogP contribution in [0.25, 0.3) is 0 Å². The molecule has 0 aliphatic carbocycles. The van der Waals surface area contributed by atoms with Crippen molar-refractivity contribution < 1.29 is 18.7 Å². The van der Waals surface area contributed by atoms with Crippen LogP contribution in [0.4, 0.5) is 10.1 Å². The lowest BCUT2D eigenvalue weighted by Gasteiger charge is -2.19. The van der Waals surface area contributed by atoms with Crippen molar-refractivity contribution in [3.63, 3.8) is 0 Å². The standard InChI is InChI=1S/C15H11BrFNO3/c16-11-7-14-13(20-3-4-21-14)6-10(11)15(19)9-2-1-8(18)5-12(9)17/h1-2,5-7H,3-4,18H2. The van der Waals surface area contributed by atoms with Gasteiger partial charge in [-0.05, 0) is 46.3 Å². The van der Waals surface area contributed by atoms with Gasteiger partial charge in [0.2, 0.25) is 0 Å². The minimum Gasteiger partial charge on any atom is -0.486 e. The molecule has 0 bridgehead atoms. The van der Waals surface area contributed by atoms with Gasteiger partial charge in [-0.15, -0.1) is 0 Å². The number of hydrogen-bond donors (Lipinski definition) is 1. The molecule has 0 radical (unpaired) electrons. The molecule has 2 N–H and O–H groups in total. The molecule has 3 rings (SSSR count). The monoisotopic (exact) mass is 351 g/mol. The third kappa shape index (κ3) is 2.58. The summed E-state index contributed by atoms with van der Waals surface area (Å²) in [5, 5.41) is 0. The van der Waals surface area contributed by atoms with Crippen molar-refractivity contribution in [3.8, 4) is 11.5 Å². The van der Waals surface area contributed by atoms with Crippen LogP contribution in [-0.4, -0.2) is 19.0 Å². The van der Waals surface area contributed by atoms with Gasteiger partial charge in [0.25, 0.3) is 0 Å². The molecule has 108 valence electrons. The van der Waals surface area contributed by atoms with E-state index in [0.29, 0.717) is 34.7 Å². The Labute approximate surface area is 128 Å². The lowest BCUT2D eigenvalue weighted by Crippen LogP contribution is -2.16. The van der Waals surface area contributed by atoms with Gasteiger partial charge < -0.3 is 15.2 Å². The molecule has 0 spiro atoms. The minimum absolute atomic E-state index is 0.0402. The van der Waals surface area contributed by atoms with Gasteiger partial charge >= 0.3 is 0 Å². The highest BCUT2D eigenvalue weighted by atomic mass is 79.9. The molecule has 2 aromatic rings. The average molecular weight is 352 g/mol. The Bertz CT molecular complexity index is 733. The SMILES string of the molecule is Nc1ccc(C(=O)c2cc3c(cc2Br)OCCO3)c(F)c1. The molecule has 1 aliphatic heterocycles. The lowest BCUT2D eigenvalue weighted by atomic mass is 10.0. The third-order valence-corrected chi connectivity index (χ3v) is 3.77. The maximum atomic E-state index is 13.9. The Kier molecular flexibility index (Phi) is 3.55. The lowest BCUT2D eigenvalue weighted by molar-refractivity contribution is 0.103. The van der Waals surface area contributed by atoms with Gasteiger partial charge in [0, 0.05) is 15.7 Å². The van der Waals surface area contributed by atoms with Gasteiger partial charge in [-0.2, -0.15) is 0 Å². The first-order chi connectivity index (χ1) is 10.1. The number of hydrogen-bond acceptors (Lipinski definition) is 4. The van der Waals surface area contributed by atoms with E-state index in [4.69, 9.17) is 15.2 Å². The van der Waals surface area contributed by atoms with Crippen LogP contribution in [0.1, 0.15) is 15.9 Å². The number of benzene rings is 2. The normalized spacial score (nSPS) is 13.0. The van der Waals surface area contributed by atoms with E-state index in [1.807, 2.05) is 0 Å². The molecule has 0 atom stereocenters. The number of fused-ring (bicyclic) bond motifs is 1. The van der Waals surface area contributed by atoms with Crippen LogP contribution in [0, 0.1) is 5.82 Å². The van der Waals surface area contributed by atoms with Crippen LogP contribution in [0.3, 0.4) is 0 Å². The fraction of sp³-hybridized carbons (Fsp3) is 0.133. The van der Waals surface area contributed by atoms with E-state index in [9.17, 15) is 9.18 Å². The van der Waals surface area contributed by atoms with Crippen LogP contribution < -0.4 is 15.2 Å². The smallest absolute Gasteiger partial charge is 0.197 e. The first-order valence-electron chi connectivity index (χ1n) is 6.25. The predicted molar refractivity (Wildman–Crippen MR) is 79.4 cm³/mol. The summed E-state index contributed by atoms with van der Waals surface area (Å²) in [7, 11) is 0. The Morgan fingerprint density at radius 2 is 1.76 bits per heavy atom. The van der Waals surface area contributed by atoms with Crippen LogP contribution in [0.2, 0.25) is 0 Å². The van der Waals surface area contributed by atoms with E-state index in [2.05, 4.69) is 15.9 Å². The van der Waals surface area contributed by atoms with Crippen molar-refractivity contribution in [2.75, 3.05) is 18.9 Å². The largest absolute Gasteiger partial charge is 0.486 e. The summed E-state index contributed by atoms with van der Waals surface area (Å²) in [5.74, 6) is -0.0655. The second-order valence-electron chi connectivity index (χ2n) is 4.54. The fourth-order valence-electron chi connectivity index (χ4n) is 2.10. The second kappa shape index (κ2) is 5.37. The summed E-state index contributed by atoms with van der Waals surface area (Å²) >= 11 is 3.31. The first-order valence-corrected chi connectivity index (χ1v) is 7.04. The quantitative estimate of drug-likeness (QED) is 0.666. The van der Waals surface area contributed by atoms with Gasteiger partial charge in [0.15, 0.2) is 17.3 Å². The summed E-state index contributed by atoms with van der Waals surface area (Å²) in [6.07, 6.45) is 0.